The standard InChI is InChI=1S/C56H78N20S4/c1-21-73(22-2)45-47(75(25-5)26-6)59-31-29(57-45)37-65-38-30-32(60-48(76(27-7)28-8)46(58-30)74(23-3)24-4)40(67-38)69-42-34-36(64-52(80-56(18,19)20)50(62-34)78-54(12,13)14)44(71-42)72-43-35-33(41(70-43)68-39(31)66-37)61-49(77-53(9,10)11)51(63-35)79-55(15,16)17/h21-28H2,1-20H3,(H2,65,66,67,68,69,70,71,72). The fourth-order valence-corrected chi connectivity index (χ4v) is 13.1. The molecule has 7 aromatic heterocycles. The quantitative estimate of drug-likeness (QED) is 0.0858. The highest BCUT2D eigenvalue weighted by molar-refractivity contribution is 8.04. The first-order chi connectivity index (χ1) is 37.7. The summed E-state index contributed by atoms with van der Waals surface area (Å²) in [6.07, 6.45) is 0. The van der Waals surface area contributed by atoms with Crippen LogP contribution in [0.1, 0.15) is 138 Å². The van der Waals surface area contributed by atoms with E-state index in [-0.39, 0.29) is 19.0 Å². The molecule has 0 saturated carbocycles. The maximum absolute atomic E-state index is 5.49. The Hall–Kier alpha value is -5.72. The molecule has 0 radical (unpaired) electrons. The summed E-state index contributed by atoms with van der Waals surface area (Å²) in [5, 5.41) is 3.10. The molecule has 9 rings (SSSR count). The molecule has 7 aromatic rings. The number of hydrogen-bond acceptors (Lipinski definition) is 22. The summed E-state index contributed by atoms with van der Waals surface area (Å²) < 4.78 is -0.796. The molecule has 0 aliphatic carbocycles. The Morgan fingerprint density at radius 1 is 0.275 bits per heavy atom. The van der Waals surface area contributed by atoms with Crippen molar-refractivity contribution in [3.05, 3.63) is 0 Å². The van der Waals surface area contributed by atoms with Crippen molar-refractivity contribution in [2.24, 2.45) is 0 Å². The SMILES string of the molecule is CCN(CC)c1nc2c(nc1N(CC)CC)-c1nc-2nc2[nH]c(nc3nc(nc4[nH]c(n1)c1nc(N(CC)CC)c(N(CC)CC)nc41)-c1nc(SC(C)(C)C)c(SC(C)(C)C)nc1-3)c1nc(SC(C)(C)C)c(SC(C)(C)C)nc21. The van der Waals surface area contributed by atoms with Crippen LogP contribution in [0.4, 0.5) is 23.3 Å². The summed E-state index contributed by atoms with van der Waals surface area (Å²) in [5.41, 5.74) is 5.45. The minimum Gasteiger partial charge on any atom is -0.354 e. The number of nitrogens with zero attached hydrogens (tertiary/aromatic N) is 18. The number of aromatic nitrogens is 16. The Bertz CT molecular complexity index is 3650. The third kappa shape index (κ3) is 12.1. The van der Waals surface area contributed by atoms with Gasteiger partial charge < -0.3 is 29.6 Å². The highest BCUT2D eigenvalue weighted by Gasteiger charge is 2.34. The molecule has 0 unspecified atom stereocenters. The van der Waals surface area contributed by atoms with Crippen molar-refractivity contribution in [3.8, 4) is 46.1 Å². The lowest BCUT2D eigenvalue weighted by Gasteiger charge is -2.28. The first kappa shape index (κ1) is 58.9. The zero-order chi connectivity index (χ0) is 58.0. The van der Waals surface area contributed by atoms with E-state index in [9.17, 15) is 0 Å². The summed E-state index contributed by atoms with van der Waals surface area (Å²) >= 11 is 6.64. The molecule has 80 heavy (non-hydrogen) atoms. The van der Waals surface area contributed by atoms with Gasteiger partial charge in [-0.25, -0.2) is 69.8 Å². The normalized spacial score (nSPS) is 12.8. The lowest BCUT2D eigenvalue weighted by molar-refractivity contribution is 0.778. The monoisotopic (exact) mass is 1160 g/mol. The van der Waals surface area contributed by atoms with Gasteiger partial charge in [-0.15, -0.1) is 0 Å². The van der Waals surface area contributed by atoms with Crippen LogP contribution >= 0.6 is 47.0 Å². The fraction of sp³-hybridized carbons (Fsp3) is 0.571. The molecule has 20 nitrogen and oxygen atoms in total. The van der Waals surface area contributed by atoms with E-state index < -0.39 is 0 Å². The van der Waals surface area contributed by atoms with E-state index in [0.717, 1.165) is 43.4 Å². The van der Waals surface area contributed by atoms with Crippen molar-refractivity contribution >= 4 is 115 Å². The maximum atomic E-state index is 5.49. The van der Waals surface area contributed by atoms with Crippen molar-refractivity contribution < 1.29 is 0 Å². The molecule has 0 fully saturated rings. The van der Waals surface area contributed by atoms with Crippen molar-refractivity contribution in [2.75, 3.05) is 72.0 Å². The summed E-state index contributed by atoms with van der Waals surface area (Å²) in [6.45, 7) is 48.8. The molecule has 2 N–H and O–H groups in total. The molecule has 2 aliphatic rings. The zero-order valence-electron chi connectivity index (χ0n) is 50.3. The lowest BCUT2D eigenvalue weighted by atomic mass is 10.3. The van der Waals surface area contributed by atoms with Crippen molar-refractivity contribution in [1.82, 2.24) is 79.7 Å². The van der Waals surface area contributed by atoms with Crippen molar-refractivity contribution in [3.63, 3.8) is 0 Å². The van der Waals surface area contributed by atoms with Crippen molar-refractivity contribution in [1.29, 1.82) is 0 Å². The smallest absolute Gasteiger partial charge is 0.184 e. The second kappa shape index (κ2) is 22.6. The molecular formula is C56H78N20S4. The molecule has 0 spiro atoms. The van der Waals surface area contributed by atoms with Crippen LogP contribution in [0.5, 0.6) is 0 Å². The van der Waals surface area contributed by atoms with Crippen LogP contribution in [-0.2, 0) is 0 Å². The molecule has 0 aromatic carbocycles. The fourth-order valence-electron chi connectivity index (χ4n) is 9.23. The summed E-state index contributed by atoms with van der Waals surface area (Å²) in [5.74, 6) is 4.13. The Labute approximate surface area is 487 Å². The van der Waals surface area contributed by atoms with Crippen LogP contribution in [0.3, 0.4) is 0 Å². The van der Waals surface area contributed by atoms with Gasteiger partial charge in [0.15, 0.2) is 69.2 Å². The number of H-pyrrole nitrogens is 2. The average molecular weight is 1160 g/mol. The lowest BCUT2D eigenvalue weighted by Crippen LogP contribution is -2.30. The molecule has 9 heterocycles. The van der Waals surface area contributed by atoms with Gasteiger partial charge in [-0.1, -0.05) is 130 Å². The summed E-state index contributed by atoms with van der Waals surface area (Å²) in [7, 11) is 0. The van der Waals surface area contributed by atoms with Gasteiger partial charge >= 0.3 is 0 Å². The van der Waals surface area contributed by atoms with E-state index in [0.29, 0.717) is 143 Å². The van der Waals surface area contributed by atoms with Gasteiger partial charge in [-0.3, -0.25) is 0 Å². The van der Waals surface area contributed by atoms with Crippen molar-refractivity contribution in [2.45, 2.75) is 178 Å². The first-order valence-electron chi connectivity index (χ1n) is 28.0. The summed E-state index contributed by atoms with van der Waals surface area (Å²) in [4.78, 5) is 92.0. The van der Waals surface area contributed by atoms with Crippen LogP contribution in [0.25, 0.3) is 90.7 Å². The second-order valence-electron chi connectivity index (χ2n) is 23.4. The van der Waals surface area contributed by atoms with Crippen LogP contribution in [0.15, 0.2) is 20.1 Å². The van der Waals surface area contributed by atoms with Gasteiger partial charge in [0.2, 0.25) is 0 Å². The Morgan fingerprint density at radius 3 is 0.725 bits per heavy atom. The molecule has 426 valence electrons. The van der Waals surface area contributed by atoms with Gasteiger partial charge in [0.1, 0.15) is 64.9 Å². The molecule has 0 saturated heterocycles. The van der Waals surface area contributed by atoms with E-state index in [1.807, 2.05) is 0 Å². The van der Waals surface area contributed by atoms with E-state index >= 15 is 0 Å². The van der Waals surface area contributed by atoms with Crippen LogP contribution in [-0.4, -0.2) is 151 Å². The van der Waals surface area contributed by atoms with Gasteiger partial charge in [0, 0.05) is 71.3 Å². The number of hydrogen-bond donors (Lipinski definition) is 2. The topological polar surface area (TPSA) is 225 Å². The minimum atomic E-state index is -0.200. The van der Waals surface area contributed by atoms with Gasteiger partial charge in [0.05, 0.1) is 0 Å². The molecule has 8 bridgehead atoms. The average Bonchev–Trinajstić information content (AvgIpc) is 4.20. The maximum Gasteiger partial charge on any atom is 0.184 e. The highest BCUT2D eigenvalue weighted by atomic mass is 32.2. The number of nitrogens with one attached hydrogen (secondary N) is 2. The zero-order valence-corrected chi connectivity index (χ0v) is 53.6. The van der Waals surface area contributed by atoms with Gasteiger partial charge in [-0.2, -0.15) is 0 Å². The van der Waals surface area contributed by atoms with Gasteiger partial charge in [-0.05, 0) is 55.4 Å². The molecular weight excluding hydrogens is 1080 g/mol. The minimum absolute atomic E-state index is 0.198. The predicted molar refractivity (Wildman–Crippen MR) is 335 cm³/mol. The molecule has 24 heteroatoms. The number of aromatic amines is 2. The predicted octanol–water partition coefficient (Wildman–Crippen LogP) is 13.0. The number of fused-ring (bicyclic) bond motifs is 20. The Morgan fingerprint density at radius 2 is 0.487 bits per heavy atom. The van der Waals surface area contributed by atoms with E-state index in [4.69, 9.17) is 69.8 Å². The first-order valence-corrected chi connectivity index (χ1v) is 31.2. The number of anilines is 4. The van der Waals surface area contributed by atoms with E-state index in [2.05, 4.69) is 168 Å². The Kier molecular flexibility index (Phi) is 16.6. The van der Waals surface area contributed by atoms with Crippen LogP contribution in [0.2, 0.25) is 0 Å². The molecule has 0 atom stereocenters. The highest BCUT2D eigenvalue weighted by Crippen LogP contribution is 2.46. The number of thioether (sulfide) groups is 4. The Balaban J connectivity index is 1.53. The second-order valence-corrected chi connectivity index (χ2v) is 30.6. The van der Waals surface area contributed by atoms with Crippen LogP contribution < -0.4 is 19.6 Å². The third-order valence-corrected chi connectivity index (χ3v) is 17.4. The van der Waals surface area contributed by atoms with E-state index in [1.165, 1.54) is 0 Å². The third-order valence-electron chi connectivity index (χ3n) is 12.8. The molecule has 0 amide bonds. The molecule has 2 aliphatic heterocycles. The van der Waals surface area contributed by atoms with E-state index in [1.54, 1.807) is 47.0 Å². The van der Waals surface area contributed by atoms with Crippen LogP contribution in [0, 0.1) is 0 Å². The largest absolute Gasteiger partial charge is 0.354 e. The summed E-state index contributed by atoms with van der Waals surface area (Å²) in [6, 6.07) is 0. The number of rotatable bonds is 16. The van der Waals surface area contributed by atoms with Gasteiger partial charge in [0.25, 0.3) is 0 Å².